The molecule has 1 atom stereocenters. The molecule has 1 N–H and O–H groups in total. The van der Waals surface area contributed by atoms with Gasteiger partial charge in [0.2, 0.25) is 0 Å². The van der Waals surface area contributed by atoms with Gasteiger partial charge in [-0.15, -0.1) is 11.3 Å². The first kappa shape index (κ1) is 17.6. The molecule has 0 aliphatic rings. The standard InChI is InChI=1S/C17H32N2S/c1-6-7-8-9-10-11-14(18-5)12-16-19-15(13-20-16)17(2,3)4/h13-14,18H,6-12H2,1-5H3. The Labute approximate surface area is 129 Å². The maximum Gasteiger partial charge on any atom is 0.0944 e. The van der Waals surface area contributed by atoms with E-state index < -0.39 is 0 Å². The van der Waals surface area contributed by atoms with Crippen LogP contribution < -0.4 is 5.32 Å². The molecule has 1 aromatic heterocycles. The third-order valence-corrected chi connectivity index (χ3v) is 4.68. The van der Waals surface area contributed by atoms with Crippen molar-refractivity contribution in [1.29, 1.82) is 0 Å². The largest absolute Gasteiger partial charge is 0.317 e. The van der Waals surface area contributed by atoms with Gasteiger partial charge in [-0.1, -0.05) is 59.8 Å². The number of aromatic nitrogens is 1. The molecule has 0 spiro atoms. The van der Waals surface area contributed by atoms with Crippen LogP contribution in [-0.4, -0.2) is 18.1 Å². The summed E-state index contributed by atoms with van der Waals surface area (Å²) in [6, 6.07) is 0.579. The number of hydrogen-bond donors (Lipinski definition) is 1. The van der Waals surface area contributed by atoms with E-state index in [1.807, 2.05) is 11.3 Å². The highest BCUT2D eigenvalue weighted by molar-refractivity contribution is 7.09. The summed E-state index contributed by atoms with van der Waals surface area (Å²) in [6.45, 7) is 8.96. The summed E-state index contributed by atoms with van der Waals surface area (Å²) in [4.78, 5) is 4.81. The molecule has 1 aromatic rings. The molecule has 0 fully saturated rings. The normalized spacial score (nSPS) is 13.7. The Hall–Kier alpha value is -0.410. The summed E-state index contributed by atoms with van der Waals surface area (Å²) in [5.41, 5.74) is 1.40. The highest BCUT2D eigenvalue weighted by Crippen LogP contribution is 2.24. The lowest BCUT2D eigenvalue weighted by molar-refractivity contribution is 0.479. The van der Waals surface area contributed by atoms with Crippen LogP contribution in [0.3, 0.4) is 0 Å². The summed E-state index contributed by atoms with van der Waals surface area (Å²) in [5, 5.41) is 6.96. The SMILES string of the molecule is CCCCCCCC(Cc1nc(C(C)(C)C)cs1)NC. The Kier molecular flexibility index (Phi) is 7.75. The molecule has 0 bridgehead atoms. The minimum atomic E-state index is 0.171. The molecule has 1 heterocycles. The smallest absolute Gasteiger partial charge is 0.0944 e. The maximum atomic E-state index is 4.81. The Morgan fingerprint density at radius 2 is 1.90 bits per heavy atom. The summed E-state index contributed by atoms with van der Waals surface area (Å²) < 4.78 is 0. The molecule has 2 nitrogen and oxygen atoms in total. The van der Waals surface area contributed by atoms with Crippen LogP contribution in [0.2, 0.25) is 0 Å². The number of hydrogen-bond acceptors (Lipinski definition) is 3. The van der Waals surface area contributed by atoms with Gasteiger partial charge < -0.3 is 5.32 Å². The van der Waals surface area contributed by atoms with E-state index in [9.17, 15) is 0 Å². The van der Waals surface area contributed by atoms with E-state index in [2.05, 4.69) is 45.4 Å². The van der Waals surface area contributed by atoms with E-state index >= 15 is 0 Å². The van der Waals surface area contributed by atoms with Crippen molar-refractivity contribution in [2.75, 3.05) is 7.05 Å². The highest BCUT2D eigenvalue weighted by Gasteiger charge is 2.18. The van der Waals surface area contributed by atoms with Crippen LogP contribution in [0.25, 0.3) is 0 Å². The molecular formula is C17H32N2S. The topological polar surface area (TPSA) is 24.9 Å². The first-order valence-corrected chi connectivity index (χ1v) is 8.97. The van der Waals surface area contributed by atoms with Crippen molar-refractivity contribution in [3.8, 4) is 0 Å². The van der Waals surface area contributed by atoms with Gasteiger partial charge in [-0.05, 0) is 13.5 Å². The average Bonchev–Trinajstić information content (AvgIpc) is 2.85. The van der Waals surface area contributed by atoms with Crippen LogP contribution in [0.1, 0.15) is 76.9 Å². The van der Waals surface area contributed by atoms with E-state index in [1.54, 1.807) is 0 Å². The molecule has 0 radical (unpaired) electrons. The van der Waals surface area contributed by atoms with Gasteiger partial charge in [0.05, 0.1) is 10.7 Å². The summed E-state index contributed by atoms with van der Waals surface area (Å²) in [7, 11) is 2.08. The summed E-state index contributed by atoms with van der Waals surface area (Å²) >= 11 is 1.82. The molecule has 0 aromatic carbocycles. The van der Waals surface area contributed by atoms with Crippen LogP contribution in [0, 0.1) is 0 Å². The zero-order chi connectivity index (χ0) is 15.0. The zero-order valence-electron chi connectivity index (χ0n) is 14.0. The Morgan fingerprint density at radius 3 is 2.45 bits per heavy atom. The van der Waals surface area contributed by atoms with Gasteiger partial charge in [-0.25, -0.2) is 4.98 Å². The predicted molar refractivity (Wildman–Crippen MR) is 90.7 cm³/mol. The molecule has 1 rings (SSSR count). The van der Waals surface area contributed by atoms with Crippen LogP contribution in [0.5, 0.6) is 0 Å². The van der Waals surface area contributed by atoms with Gasteiger partial charge in [0.25, 0.3) is 0 Å². The molecule has 1 unspecified atom stereocenters. The molecule has 3 heteroatoms. The fraction of sp³-hybridized carbons (Fsp3) is 0.824. The monoisotopic (exact) mass is 296 g/mol. The molecule has 116 valence electrons. The number of unbranched alkanes of at least 4 members (excludes halogenated alkanes) is 4. The van der Waals surface area contributed by atoms with E-state index in [0.29, 0.717) is 6.04 Å². The first-order valence-electron chi connectivity index (χ1n) is 8.09. The minimum Gasteiger partial charge on any atom is -0.317 e. The van der Waals surface area contributed by atoms with Crippen molar-refractivity contribution in [2.24, 2.45) is 0 Å². The van der Waals surface area contributed by atoms with Crippen molar-refractivity contribution < 1.29 is 0 Å². The zero-order valence-corrected chi connectivity index (χ0v) is 14.8. The average molecular weight is 297 g/mol. The summed E-state index contributed by atoms with van der Waals surface area (Å²) in [5.74, 6) is 0. The van der Waals surface area contributed by atoms with Crippen LogP contribution in [0.4, 0.5) is 0 Å². The van der Waals surface area contributed by atoms with E-state index in [0.717, 1.165) is 6.42 Å². The minimum absolute atomic E-state index is 0.171. The second-order valence-corrected chi connectivity index (χ2v) is 7.71. The van der Waals surface area contributed by atoms with E-state index in [4.69, 9.17) is 4.98 Å². The number of rotatable bonds is 9. The molecule has 0 aliphatic heterocycles. The number of nitrogens with one attached hydrogen (secondary N) is 1. The molecule has 0 saturated carbocycles. The first-order chi connectivity index (χ1) is 9.47. The van der Waals surface area contributed by atoms with Crippen molar-refractivity contribution in [2.45, 2.75) is 84.1 Å². The van der Waals surface area contributed by atoms with Crippen LogP contribution in [0.15, 0.2) is 5.38 Å². The van der Waals surface area contributed by atoms with Gasteiger partial charge in [0.1, 0.15) is 0 Å². The molecular weight excluding hydrogens is 264 g/mol. The van der Waals surface area contributed by atoms with Crippen LogP contribution >= 0.6 is 11.3 Å². The second kappa shape index (κ2) is 8.78. The predicted octanol–water partition coefficient (Wildman–Crippen LogP) is 4.93. The highest BCUT2D eigenvalue weighted by atomic mass is 32.1. The van der Waals surface area contributed by atoms with Crippen molar-refractivity contribution in [3.63, 3.8) is 0 Å². The lowest BCUT2D eigenvalue weighted by Gasteiger charge is -2.16. The second-order valence-electron chi connectivity index (χ2n) is 6.77. The lowest BCUT2D eigenvalue weighted by Crippen LogP contribution is -2.27. The third-order valence-electron chi connectivity index (χ3n) is 3.81. The fourth-order valence-corrected chi connectivity index (χ4v) is 3.41. The quantitative estimate of drug-likeness (QED) is 0.653. The van der Waals surface area contributed by atoms with Crippen molar-refractivity contribution >= 4 is 11.3 Å². The molecule has 0 aliphatic carbocycles. The molecule has 0 amide bonds. The van der Waals surface area contributed by atoms with Gasteiger partial charge >= 0.3 is 0 Å². The van der Waals surface area contributed by atoms with Gasteiger partial charge in [-0.3, -0.25) is 0 Å². The third kappa shape index (κ3) is 6.36. The van der Waals surface area contributed by atoms with Crippen molar-refractivity contribution in [3.05, 3.63) is 16.1 Å². The van der Waals surface area contributed by atoms with E-state index in [-0.39, 0.29) is 5.41 Å². The van der Waals surface area contributed by atoms with Gasteiger partial charge in [0, 0.05) is 23.3 Å². The number of nitrogens with zero attached hydrogens (tertiary/aromatic N) is 1. The van der Waals surface area contributed by atoms with Gasteiger partial charge in [0.15, 0.2) is 0 Å². The fourth-order valence-electron chi connectivity index (χ4n) is 2.30. The molecule has 20 heavy (non-hydrogen) atoms. The molecule has 0 saturated heterocycles. The van der Waals surface area contributed by atoms with Crippen LogP contribution in [-0.2, 0) is 11.8 Å². The summed E-state index contributed by atoms with van der Waals surface area (Å²) in [6.07, 6.45) is 9.14. The Morgan fingerprint density at radius 1 is 1.20 bits per heavy atom. The maximum absolute atomic E-state index is 4.81. The Bertz CT molecular complexity index is 365. The van der Waals surface area contributed by atoms with Crippen molar-refractivity contribution in [1.82, 2.24) is 10.3 Å². The van der Waals surface area contributed by atoms with Gasteiger partial charge in [-0.2, -0.15) is 0 Å². The number of thiazole rings is 1. The lowest BCUT2D eigenvalue weighted by atomic mass is 9.93. The van der Waals surface area contributed by atoms with E-state index in [1.165, 1.54) is 49.2 Å². The Balaban J connectivity index is 2.38. The number of likely N-dealkylation sites (N-methyl/N-ethyl adjacent to an activating group) is 1.